The number of rotatable bonds is 4. The lowest BCUT2D eigenvalue weighted by Gasteiger charge is -2.34. The third kappa shape index (κ3) is 4.63. The van der Waals surface area contributed by atoms with Gasteiger partial charge in [-0.3, -0.25) is 4.79 Å². The van der Waals surface area contributed by atoms with Gasteiger partial charge in [-0.25, -0.2) is 9.48 Å². The van der Waals surface area contributed by atoms with Gasteiger partial charge in [0.15, 0.2) is 0 Å². The number of aromatic nitrogens is 4. The summed E-state index contributed by atoms with van der Waals surface area (Å²) in [5.41, 5.74) is 3.75. The number of nitrogens with zero attached hydrogens (tertiary/aromatic N) is 5. The van der Waals surface area contributed by atoms with Gasteiger partial charge in [0, 0.05) is 42.1 Å². The number of benzene rings is 1. The zero-order chi connectivity index (χ0) is 24.7. The largest absolute Gasteiger partial charge is 0.481 e. The molecule has 3 aromatic rings. The number of piperidine rings is 1. The van der Waals surface area contributed by atoms with Crippen LogP contribution in [0.4, 0.5) is 4.79 Å². The van der Waals surface area contributed by atoms with Crippen LogP contribution in [0.1, 0.15) is 68.9 Å². The van der Waals surface area contributed by atoms with Gasteiger partial charge in [-0.15, -0.1) is 5.10 Å². The van der Waals surface area contributed by atoms with E-state index in [1.165, 1.54) is 0 Å². The van der Waals surface area contributed by atoms with Crippen LogP contribution in [0.15, 0.2) is 30.5 Å². The van der Waals surface area contributed by atoms with Crippen LogP contribution in [0.25, 0.3) is 10.9 Å². The van der Waals surface area contributed by atoms with Gasteiger partial charge in [0.1, 0.15) is 5.60 Å². The highest BCUT2D eigenvalue weighted by Gasteiger charge is 2.32. The Bertz CT molecular complexity index is 1250. The highest BCUT2D eigenvalue weighted by atomic mass is 16.6. The molecule has 1 amide bonds. The number of ether oxygens (including phenoxy) is 1. The van der Waals surface area contributed by atoms with E-state index < -0.39 is 11.6 Å². The minimum Gasteiger partial charge on any atom is -0.481 e. The van der Waals surface area contributed by atoms with Crippen LogP contribution in [-0.2, 0) is 28.9 Å². The fourth-order valence-electron chi connectivity index (χ4n) is 5.59. The van der Waals surface area contributed by atoms with Crippen molar-refractivity contribution < 1.29 is 19.4 Å². The number of amides is 1. The van der Waals surface area contributed by atoms with Crippen LogP contribution in [0, 0.1) is 0 Å². The summed E-state index contributed by atoms with van der Waals surface area (Å²) in [4.78, 5) is 25.8. The van der Waals surface area contributed by atoms with Crippen LogP contribution in [0.3, 0.4) is 0 Å². The Hall–Kier alpha value is -3.36. The van der Waals surface area contributed by atoms with Crippen molar-refractivity contribution in [2.75, 3.05) is 13.1 Å². The van der Waals surface area contributed by atoms with Crippen LogP contribution in [0.2, 0.25) is 0 Å². The number of aliphatic carboxylic acids is 1. The molecule has 1 unspecified atom stereocenters. The first-order chi connectivity index (χ1) is 16.7. The van der Waals surface area contributed by atoms with Crippen molar-refractivity contribution in [3.05, 3.63) is 47.4 Å². The number of hydrogen-bond donors (Lipinski definition) is 1. The number of carboxylic acid groups (broad SMARTS) is 1. The highest BCUT2D eigenvalue weighted by molar-refractivity contribution is 5.89. The lowest BCUT2D eigenvalue weighted by Crippen LogP contribution is -2.41. The summed E-state index contributed by atoms with van der Waals surface area (Å²) in [5, 5.41) is 19.2. The van der Waals surface area contributed by atoms with Crippen molar-refractivity contribution in [2.24, 2.45) is 0 Å². The van der Waals surface area contributed by atoms with Crippen molar-refractivity contribution in [1.82, 2.24) is 24.5 Å². The Labute approximate surface area is 204 Å². The van der Waals surface area contributed by atoms with Gasteiger partial charge >= 0.3 is 12.1 Å². The second-order valence-corrected chi connectivity index (χ2v) is 10.7. The highest BCUT2D eigenvalue weighted by Crippen LogP contribution is 2.36. The van der Waals surface area contributed by atoms with Crippen molar-refractivity contribution in [2.45, 2.75) is 77.0 Å². The van der Waals surface area contributed by atoms with E-state index in [1.807, 2.05) is 45.2 Å². The Kier molecular flexibility index (Phi) is 6.02. The minimum absolute atomic E-state index is 0.0400. The molecule has 0 bridgehead atoms. The summed E-state index contributed by atoms with van der Waals surface area (Å²) >= 11 is 0. The molecule has 2 aliphatic heterocycles. The Morgan fingerprint density at radius 3 is 2.60 bits per heavy atom. The van der Waals surface area contributed by atoms with Crippen LogP contribution >= 0.6 is 0 Å². The smallest absolute Gasteiger partial charge is 0.410 e. The normalized spacial score (nSPS) is 19.1. The van der Waals surface area contributed by atoms with Gasteiger partial charge < -0.3 is 19.3 Å². The van der Waals surface area contributed by atoms with E-state index in [0.29, 0.717) is 13.1 Å². The molecule has 35 heavy (non-hydrogen) atoms. The van der Waals surface area contributed by atoms with Gasteiger partial charge in [-0.1, -0.05) is 23.4 Å². The van der Waals surface area contributed by atoms with Gasteiger partial charge in [0.2, 0.25) is 0 Å². The summed E-state index contributed by atoms with van der Waals surface area (Å²) in [7, 11) is 0. The standard InChI is InChI=1S/C26H33N5O4/c1-26(2,3)35-25(34)29-12-10-17(11-13-29)23-15-27-28-31(23)18-8-9-22-20(14-24(32)33)19-6-4-5-7-21(19)30(22)16-18/h4-7,15,17-18H,8-14,16H2,1-3H3,(H,32,33). The molecule has 1 fully saturated rings. The van der Waals surface area contributed by atoms with E-state index in [9.17, 15) is 14.7 Å². The molecule has 4 heterocycles. The van der Waals surface area contributed by atoms with Crippen molar-refractivity contribution in [3.63, 3.8) is 0 Å². The van der Waals surface area contributed by atoms with Gasteiger partial charge in [-0.05, 0) is 58.1 Å². The molecule has 9 nitrogen and oxygen atoms in total. The van der Waals surface area contributed by atoms with Gasteiger partial charge in [-0.2, -0.15) is 0 Å². The first kappa shape index (κ1) is 23.4. The van der Waals surface area contributed by atoms with Gasteiger partial charge in [0.05, 0.1) is 24.4 Å². The summed E-state index contributed by atoms with van der Waals surface area (Å²) < 4.78 is 9.88. The molecule has 1 aromatic carbocycles. The maximum Gasteiger partial charge on any atom is 0.410 e. The maximum atomic E-state index is 12.4. The lowest BCUT2D eigenvalue weighted by molar-refractivity contribution is -0.136. The molecule has 1 atom stereocenters. The summed E-state index contributed by atoms with van der Waals surface area (Å²) in [6.07, 6.45) is 5.04. The van der Waals surface area contributed by atoms with E-state index in [1.54, 1.807) is 4.90 Å². The number of hydrogen-bond acceptors (Lipinski definition) is 5. The average Bonchev–Trinajstić information content (AvgIpc) is 3.42. The summed E-state index contributed by atoms with van der Waals surface area (Å²) in [6, 6.07) is 8.21. The predicted octanol–water partition coefficient (Wildman–Crippen LogP) is 4.16. The molecule has 2 aliphatic rings. The lowest BCUT2D eigenvalue weighted by atomic mass is 9.93. The number of para-hydroxylation sites is 1. The van der Waals surface area contributed by atoms with E-state index in [0.717, 1.165) is 60.1 Å². The summed E-state index contributed by atoms with van der Waals surface area (Å²) in [6.45, 7) is 7.70. The van der Waals surface area contributed by atoms with E-state index in [2.05, 4.69) is 25.6 Å². The van der Waals surface area contributed by atoms with Crippen LogP contribution < -0.4 is 0 Å². The van der Waals surface area contributed by atoms with Crippen molar-refractivity contribution in [1.29, 1.82) is 0 Å². The SMILES string of the molecule is CC(C)(C)OC(=O)N1CCC(c2cnnn2C2CCc3c(CC(=O)O)c4ccccc4n3C2)CC1. The number of carbonyl (C=O) groups excluding carboxylic acids is 1. The van der Waals surface area contributed by atoms with E-state index >= 15 is 0 Å². The number of carboxylic acids is 1. The molecule has 186 valence electrons. The van der Waals surface area contributed by atoms with Crippen molar-refractivity contribution >= 4 is 23.0 Å². The fraction of sp³-hybridized carbons (Fsp3) is 0.538. The maximum absolute atomic E-state index is 12.4. The Morgan fingerprint density at radius 2 is 1.89 bits per heavy atom. The molecule has 1 saturated heterocycles. The molecular weight excluding hydrogens is 446 g/mol. The van der Waals surface area contributed by atoms with Gasteiger partial charge in [0.25, 0.3) is 0 Å². The zero-order valence-electron chi connectivity index (χ0n) is 20.6. The Balaban J connectivity index is 1.34. The Morgan fingerprint density at radius 1 is 1.14 bits per heavy atom. The average molecular weight is 480 g/mol. The quantitative estimate of drug-likeness (QED) is 0.603. The molecule has 5 rings (SSSR count). The second-order valence-electron chi connectivity index (χ2n) is 10.7. The van der Waals surface area contributed by atoms with E-state index in [4.69, 9.17) is 4.74 Å². The van der Waals surface area contributed by atoms with E-state index in [-0.39, 0.29) is 24.5 Å². The molecular formula is C26H33N5O4. The monoisotopic (exact) mass is 479 g/mol. The molecule has 2 aromatic heterocycles. The molecule has 0 radical (unpaired) electrons. The number of fused-ring (bicyclic) bond motifs is 3. The molecule has 0 aliphatic carbocycles. The number of carbonyl (C=O) groups is 2. The topological polar surface area (TPSA) is 102 Å². The second kappa shape index (κ2) is 9.02. The first-order valence-corrected chi connectivity index (χ1v) is 12.4. The predicted molar refractivity (Wildman–Crippen MR) is 130 cm³/mol. The summed E-state index contributed by atoms with van der Waals surface area (Å²) in [5.74, 6) is -0.517. The third-order valence-electron chi connectivity index (χ3n) is 7.14. The molecule has 1 N–H and O–H groups in total. The third-order valence-corrected chi connectivity index (χ3v) is 7.14. The molecule has 9 heteroatoms. The molecule has 0 saturated carbocycles. The number of likely N-dealkylation sites (tertiary alicyclic amines) is 1. The molecule has 0 spiro atoms. The van der Waals surface area contributed by atoms with Crippen LogP contribution in [-0.4, -0.2) is 60.3 Å². The minimum atomic E-state index is -0.803. The van der Waals surface area contributed by atoms with Crippen molar-refractivity contribution in [3.8, 4) is 0 Å². The fourth-order valence-corrected chi connectivity index (χ4v) is 5.59. The zero-order valence-corrected chi connectivity index (χ0v) is 20.6. The first-order valence-electron chi connectivity index (χ1n) is 12.4. The van der Waals surface area contributed by atoms with Crippen LogP contribution in [0.5, 0.6) is 0 Å².